The number of carbonyl (C=O) groups is 1. The van der Waals surface area contributed by atoms with Crippen molar-refractivity contribution in [2.24, 2.45) is 17.3 Å². The van der Waals surface area contributed by atoms with E-state index in [0.717, 1.165) is 22.2 Å². The Morgan fingerprint density at radius 2 is 1.50 bits per heavy atom. The molecule has 0 spiro atoms. The molecule has 0 saturated heterocycles. The summed E-state index contributed by atoms with van der Waals surface area (Å²) in [6.45, 7) is 12.4. The van der Waals surface area contributed by atoms with Crippen LogP contribution in [0.25, 0.3) is 10.9 Å². The fraction of sp³-hybridized carbons (Fsp3) is 0.423. The second kappa shape index (κ2) is 8.41. The fourth-order valence-corrected chi connectivity index (χ4v) is 3.86. The van der Waals surface area contributed by atoms with Crippen LogP contribution >= 0.6 is 0 Å². The number of fused-ring (bicyclic) bond motifs is 1. The van der Waals surface area contributed by atoms with Gasteiger partial charge in [-0.25, -0.2) is 0 Å². The molecule has 0 aliphatic heterocycles. The summed E-state index contributed by atoms with van der Waals surface area (Å²) >= 11 is 0. The number of carbonyl (C=O) groups excluding carboxylic acids is 1. The van der Waals surface area contributed by atoms with E-state index in [1.165, 1.54) is 0 Å². The summed E-state index contributed by atoms with van der Waals surface area (Å²) in [5.41, 5.74) is 3.09. The summed E-state index contributed by atoms with van der Waals surface area (Å²) in [6.07, 6.45) is 0.678. The van der Waals surface area contributed by atoms with Crippen LogP contribution in [-0.4, -0.2) is 20.7 Å². The maximum absolute atomic E-state index is 12.5. The second-order valence-electron chi connectivity index (χ2n) is 10.4. The van der Waals surface area contributed by atoms with Gasteiger partial charge in [-0.2, -0.15) is 0 Å². The van der Waals surface area contributed by atoms with Gasteiger partial charge in [0, 0.05) is 18.9 Å². The summed E-state index contributed by atoms with van der Waals surface area (Å²) in [5, 5.41) is 29.8. The van der Waals surface area contributed by atoms with Gasteiger partial charge in [0.1, 0.15) is 5.75 Å². The number of hydrogen-bond acceptors (Lipinski definition) is 4. The molecule has 1 aromatic heterocycles. The number of azo groups is 1. The molecule has 1 amide bonds. The summed E-state index contributed by atoms with van der Waals surface area (Å²) in [7, 11) is 1.78. The number of phenols is 1. The van der Waals surface area contributed by atoms with E-state index in [0.29, 0.717) is 17.6 Å². The van der Waals surface area contributed by atoms with Gasteiger partial charge in [0.25, 0.3) is 5.91 Å². The highest BCUT2D eigenvalue weighted by Gasteiger charge is 2.26. The summed E-state index contributed by atoms with van der Waals surface area (Å²) < 4.78 is 1.71. The maximum atomic E-state index is 12.5. The van der Waals surface area contributed by atoms with Crippen molar-refractivity contribution >= 4 is 22.6 Å². The van der Waals surface area contributed by atoms with E-state index in [1.54, 1.807) is 17.7 Å². The number of hydrogen-bond donors (Lipinski definition) is 2. The van der Waals surface area contributed by atoms with Crippen LogP contribution < -0.4 is 0 Å². The van der Waals surface area contributed by atoms with E-state index in [1.807, 2.05) is 30.3 Å². The lowest BCUT2D eigenvalue weighted by molar-refractivity contribution is -0.118. The molecule has 1 heterocycles. The van der Waals surface area contributed by atoms with E-state index in [2.05, 4.69) is 51.8 Å². The van der Waals surface area contributed by atoms with E-state index in [-0.39, 0.29) is 34.7 Å². The molecular formula is C26H33N3O3. The summed E-state index contributed by atoms with van der Waals surface area (Å²) in [4.78, 5) is 12.5. The number of amides is 1. The third-order valence-electron chi connectivity index (χ3n) is 5.72. The fourth-order valence-electron chi connectivity index (χ4n) is 3.86. The minimum absolute atomic E-state index is 0.0165. The van der Waals surface area contributed by atoms with Gasteiger partial charge >= 0.3 is 0 Å². The number of aryl methyl sites for hydroxylation is 2. The van der Waals surface area contributed by atoms with Gasteiger partial charge in [-0.3, -0.25) is 4.79 Å². The SMILES string of the molecule is Cn1c(N=NC(=O)CCc2cc(C(C)(C)C)c(O)c(C(C)(C)C)c2)c(O)c2ccccc21. The Kier molecular flexibility index (Phi) is 6.18. The number of nitrogens with zero attached hydrogens (tertiary/aromatic N) is 3. The third-order valence-corrected chi connectivity index (χ3v) is 5.72. The van der Waals surface area contributed by atoms with Crippen LogP contribution in [0.5, 0.6) is 11.5 Å². The average Bonchev–Trinajstić information content (AvgIpc) is 2.94. The number of aromatic nitrogens is 1. The molecule has 0 aliphatic carbocycles. The van der Waals surface area contributed by atoms with E-state index in [9.17, 15) is 15.0 Å². The minimum Gasteiger partial charge on any atom is -0.507 e. The number of rotatable bonds is 4. The molecule has 0 atom stereocenters. The number of para-hydroxylation sites is 1. The lowest BCUT2D eigenvalue weighted by Gasteiger charge is -2.28. The first kappa shape index (κ1) is 23.5. The molecule has 32 heavy (non-hydrogen) atoms. The van der Waals surface area contributed by atoms with E-state index < -0.39 is 0 Å². The van der Waals surface area contributed by atoms with Gasteiger partial charge in [0.05, 0.1) is 5.52 Å². The van der Waals surface area contributed by atoms with Crippen LogP contribution in [0, 0.1) is 0 Å². The molecular weight excluding hydrogens is 402 g/mol. The van der Waals surface area contributed by atoms with Crippen molar-refractivity contribution in [1.29, 1.82) is 0 Å². The molecule has 170 valence electrons. The van der Waals surface area contributed by atoms with Crippen LogP contribution in [0.3, 0.4) is 0 Å². The predicted molar refractivity (Wildman–Crippen MR) is 128 cm³/mol. The van der Waals surface area contributed by atoms with Crippen molar-refractivity contribution in [2.45, 2.75) is 65.2 Å². The largest absolute Gasteiger partial charge is 0.507 e. The van der Waals surface area contributed by atoms with Crippen LogP contribution in [0.4, 0.5) is 5.82 Å². The van der Waals surface area contributed by atoms with Crippen LogP contribution in [0.2, 0.25) is 0 Å². The first-order valence-electron chi connectivity index (χ1n) is 10.9. The molecule has 3 aromatic rings. The lowest BCUT2D eigenvalue weighted by Crippen LogP contribution is -2.18. The van der Waals surface area contributed by atoms with Gasteiger partial charge in [0.2, 0.25) is 0 Å². The highest BCUT2D eigenvalue weighted by molar-refractivity contribution is 5.92. The zero-order chi connectivity index (χ0) is 23.8. The van der Waals surface area contributed by atoms with Gasteiger partial charge < -0.3 is 14.8 Å². The molecule has 6 heteroatoms. The topological polar surface area (TPSA) is 87.2 Å². The summed E-state index contributed by atoms with van der Waals surface area (Å²) in [5.74, 6) is 0.236. The molecule has 0 unspecified atom stereocenters. The number of benzene rings is 2. The van der Waals surface area contributed by atoms with Gasteiger partial charge in [-0.15, -0.1) is 10.2 Å². The van der Waals surface area contributed by atoms with Crippen molar-refractivity contribution in [3.8, 4) is 11.5 Å². The second-order valence-corrected chi connectivity index (χ2v) is 10.4. The van der Waals surface area contributed by atoms with Crippen molar-refractivity contribution in [1.82, 2.24) is 4.57 Å². The average molecular weight is 436 g/mol. The molecule has 0 bridgehead atoms. The smallest absolute Gasteiger partial charge is 0.265 e. The molecule has 0 fully saturated rings. The number of phenolic OH excluding ortho intramolecular Hbond substituents is 1. The quantitative estimate of drug-likeness (QED) is 0.463. The molecule has 0 aliphatic rings. The molecule has 2 N–H and O–H groups in total. The van der Waals surface area contributed by atoms with Crippen molar-refractivity contribution in [3.63, 3.8) is 0 Å². The Balaban J connectivity index is 1.82. The first-order valence-corrected chi connectivity index (χ1v) is 10.9. The highest BCUT2D eigenvalue weighted by Crippen LogP contribution is 2.40. The Labute approximate surface area is 189 Å². The summed E-state index contributed by atoms with van der Waals surface area (Å²) in [6, 6.07) is 11.3. The standard InChI is InChI=1S/C26H33N3O3/c1-25(2,3)18-14-16(15-19(23(18)32)26(4,5)6)12-13-21(30)27-28-24-22(31)17-10-8-9-11-20(17)29(24)7/h8-11,14-15,31-32H,12-13H2,1-7H3. The van der Waals surface area contributed by atoms with Crippen LogP contribution in [0.1, 0.15) is 64.7 Å². The molecule has 0 saturated carbocycles. The Hall–Kier alpha value is -3.15. The van der Waals surface area contributed by atoms with E-state index >= 15 is 0 Å². The first-order chi connectivity index (χ1) is 14.8. The van der Waals surface area contributed by atoms with Gasteiger partial charge in [0.15, 0.2) is 11.6 Å². The zero-order valence-electron chi connectivity index (χ0n) is 20.0. The normalized spacial score (nSPS) is 12.7. The third kappa shape index (κ3) is 4.69. The van der Waals surface area contributed by atoms with Crippen LogP contribution in [0.15, 0.2) is 46.6 Å². The molecule has 6 nitrogen and oxygen atoms in total. The highest BCUT2D eigenvalue weighted by atomic mass is 16.3. The zero-order valence-corrected chi connectivity index (χ0v) is 20.0. The van der Waals surface area contributed by atoms with E-state index in [4.69, 9.17) is 0 Å². The lowest BCUT2D eigenvalue weighted by atomic mass is 9.78. The van der Waals surface area contributed by atoms with Gasteiger partial charge in [-0.1, -0.05) is 65.8 Å². The van der Waals surface area contributed by atoms with Crippen molar-refractivity contribution in [2.75, 3.05) is 0 Å². The molecule has 0 radical (unpaired) electrons. The minimum atomic E-state index is -0.364. The van der Waals surface area contributed by atoms with Crippen molar-refractivity contribution in [3.05, 3.63) is 53.1 Å². The molecule has 3 rings (SSSR count). The molecule has 2 aromatic carbocycles. The monoisotopic (exact) mass is 435 g/mol. The van der Waals surface area contributed by atoms with Crippen LogP contribution in [-0.2, 0) is 29.1 Å². The van der Waals surface area contributed by atoms with Gasteiger partial charge in [-0.05, 0) is 46.1 Å². The van der Waals surface area contributed by atoms with Crippen molar-refractivity contribution < 1.29 is 15.0 Å². The Morgan fingerprint density at radius 1 is 0.938 bits per heavy atom. The predicted octanol–water partition coefficient (Wildman–Crippen LogP) is 6.43. The Morgan fingerprint density at radius 3 is 2.03 bits per heavy atom. The number of aromatic hydroxyl groups is 2. The Bertz CT molecular complexity index is 1120. The maximum Gasteiger partial charge on any atom is 0.265 e.